The number of aryl methyl sites for hydroxylation is 1. The van der Waals surface area contributed by atoms with E-state index in [4.69, 9.17) is 9.47 Å². The van der Waals surface area contributed by atoms with Gasteiger partial charge in [-0.25, -0.2) is 4.79 Å². The van der Waals surface area contributed by atoms with Gasteiger partial charge in [0.25, 0.3) is 5.24 Å². The number of benzene rings is 2. The first-order chi connectivity index (χ1) is 14.5. The Morgan fingerprint density at radius 3 is 2.53 bits per heavy atom. The molecule has 7 heteroatoms. The minimum atomic E-state index is -1.57. The molecule has 0 unspecified atom stereocenters. The smallest absolute Gasteiger partial charge is 0.338 e. The van der Waals surface area contributed by atoms with Crippen LogP contribution in [0.15, 0.2) is 60.7 Å². The lowest BCUT2D eigenvalue weighted by atomic mass is 9.91. The maximum absolute atomic E-state index is 12.6. The summed E-state index contributed by atoms with van der Waals surface area (Å²) in [5.41, 5.74) is 1.65. The molecule has 1 amide bonds. The molecule has 0 aliphatic carbocycles. The molecule has 6 nitrogen and oxygen atoms in total. The number of ether oxygens (including phenoxy) is 2. The van der Waals surface area contributed by atoms with Crippen molar-refractivity contribution in [3.8, 4) is 0 Å². The van der Waals surface area contributed by atoms with Crippen molar-refractivity contribution in [1.29, 1.82) is 0 Å². The van der Waals surface area contributed by atoms with Gasteiger partial charge in [-0.1, -0.05) is 60.3 Å². The van der Waals surface area contributed by atoms with Gasteiger partial charge in [0.1, 0.15) is 6.10 Å². The number of esters is 1. The van der Waals surface area contributed by atoms with Gasteiger partial charge in [-0.3, -0.25) is 4.79 Å². The lowest BCUT2D eigenvalue weighted by Crippen LogP contribution is -2.58. The second-order valence-corrected chi connectivity index (χ2v) is 8.73. The van der Waals surface area contributed by atoms with E-state index in [2.05, 4.69) is 17.4 Å². The Morgan fingerprint density at radius 1 is 1.17 bits per heavy atom. The standard InChI is InChI=1S/C23H25NO5S/c25-21(17-9-5-2-6-10-17)28-19-13-18(12-11-16-7-3-1-4-8-16)29-23(27,14-19)20-15-30-22(26)24-20/h1-10,18-20,27H,11-15H2,(H,24,26)/t18-,19+,20-,23+/m0/s1. The molecule has 2 aromatic carbocycles. The SMILES string of the molecule is O=C1N[C@H]([C@@]2(O)C[C@H](OC(=O)c3ccccc3)C[C@H](CCc3ccccc3)O2)CS1. The molecule has 0 bridgehead atoms. The van der Waals surface area contributed by atoms with Crippen LogP contribution in [0, 0.1) is 0 Å². The van der Waals surface area contributed by atoms with Gasteiger partial charge < -0.3 is 19.9 Å². The molecular weight excluding hydrogens is 402 g/mol. The Hall–Kier alpha value is -2.35. The molecule has 2 aliphatic rings. The minimum absolute atomic E-state index is 0.124. The molecule has 2 fully saturated rings. The van der Waals surface area contributed by atoms with Gasteiger partial charge >= 0.3 is 5.97 Å². The minimum Gasteiger partial charge on any atom is -0.458 e. The van der Waals surface area contributed by atoms with E-state index in [1.807, 2.05) is 24.3 Å². The van der Waals surface area contributed by atoms with Crippen LogP contribution in [0.4, 0.5) is 4.79 Å². The third kappa shape index (κ3) is 5.03. The van der Waals surface area contributed by atoms with Crippen LogP contribution in [0.3, 0.4) is 0 Å². The van der Waals surface area contributed by atoms with Crippen molar-refractivity contribution < 1.29 is 24.2 Å². The van der Waals surface area contributed by atoms with Gasteiger partial charge in [-0.2, -0.15) is 0 Å². The van der Waals surface area contributed by atoms with Crippen LogP contribution in [-0.2, 0) is 15.9 Å². The third-order valence-corrected chi connectivity index (χ3v) is 6.40. The van der Waals surface area contributed by atoms with Crippen LogP contribution in [-0.4, -0.2) is 46.1 Å². The van der Waals surface area contributed by atoms with E-state index in [0.29, 0.717) is 24.2 Å². The Morgan fingerprint density at radius 2 is 1.87 bits per heavy atom. The lowest BCUT2D eigenvalue weighted by molar-refractivity contribution is -0.281. The molecule has 0 radical (unpaired) electrons. The van der Waals surface area contributed by atoms with Gasteiger partial charge in [-0.05, 0) is 30.5 Å². The van der Waals surface area contributed by atoms with Crippen molar-refractivity contribution in [2.24, 2.45) is 0 Å². The second kappa shape index (κ2) is 9.20. The summed E-state index contributed by atoms with van der Waals surface area (Å²) in [5, 5.41) is 13.9. The molecule has 158 valence electrons. The van der Waals surface area contributed by atoms with Crippen LogP contribution in [0.2, 0.25) is 0 Å². The fourth-order valence-corrected chi connectivity index (χ4v) is 4.86. The largest absolute Gasteiger partial charge is 0.458 e. The molecule has 0 spiro atoms. The van der Waals surface area contributed by atoms with Gasteiger partial charge in [0.05, 0.1) is 17.7 Å². The molecule has 2 saturated heterocycles. The molecule has 4 rings (SSSR count). The number of thioether (sulfide) groups is 1. The highest BCUT2D eigenvalue weighted by Crippen LogP contribution is 2.36. The number of amides is 1. The van der Waals surface area contributed by atoms with Crippen molar-refractivity contribution in [3.63, 3.8) is 0 Å². The first kappa shape index (κ1) is 20.9. The zero-order valence-corrected chi connectivity index (χ0v) is 17.3. The van der Waals surface area contributed by atoms with E-state index in [1.165, 1.54) is 5.56 Å². The zero-order valence-electron chi connectivity index (χ0n) is 16.5. The Bertz CT molecular complexity index is 878. The number of hydrogen-bond donors (Lipinski definition) is 2. The average molecular weight is 428 g/mol. The molecule has 30 heavy (non-hydrogen) atoms. The molecule has 2 aromatic rings. The van der Waals surface area contributed by atoms with Crippen molar-refractivity contribution in [3.05, 3.63) is 71.8 Å². The second-order valence-electron chi connectivity index (χ2n) is 7.74. The zero-order chi connectivity index (χ0) is 21.0. The number of rotatable bonds is 6. The maximum Gasteiger partial charge on any atom is 0.338 e. The Labute approximate surface area is 180 Å². The Balaban J connectivity index is 1.47. The van der Waals surface area contributed by atoms with Crippen LogP contribution in [0.1, 0.15) is 35.2 Å². The fraction of sp³-hybridized carbons (Fsp3) is 0.391. The topological polar surface area (TPSA) is 84.9 Å². The molecule has 0 aromatic heterocycles. The highest BCUT2D eigenvalue weighted by molar-refractivity contribution is 8.14. The van der Waals surface area contributed by atoms with Crippen molar-refractivity contribution in [2.45, 2.75) is 49.7 Å². The summed E-state index contributed by atoms with van der Waals surface area (Å²) in [5.74, 6) is -1.57. The summed E-state index contributed by atoms with van der Waals surface area (Å²) in [6.07, 6.45) is 1.30. The fourth-order valence-electron chi connectivity index (χ4n) is 3.97. The summed E-state index contributed by atoms with van der Waals surface area (Å²) in [6, 6.07) is 18.3. The number of hydrogen-bond acceptors (Lipinski definition) is 6. The third-order valence-electron chi connectivity index (χ3n) is 5.52. The molecule has 2 aliphatic heterocycles. The maximum atomic E-state index is 12.6. The predicted octanol–water partition coefficient (Wildman–Crippen LogP) is 3.54. The van der Waals surface area contributed by atoms with E-state index in [1.54, 1.807) is 24.3 Å². The molecule has 2 heterocycles. The number of carbonyl (C=O) groups is 2. The van der Waals surface area contributed by atoms with E-state index in [-0.39, 0.29) is 17.8 Å². The summed E-state index contributed by atoms with van der Waals surface area (Å²) in [7, 11) is 0. The van der Waals surface area contributed by atoms with Gasteiger partial charge in [0, 0.05) is 18.6 Å². The van der Waals surface area contributed by atoms with Crippen LogP contribution >= 0.6 is 11.8 Å². The molecule has 0 saturated carbocycles. The van der Waals surface area contributed by atoms with Crippen molar-refractivity contribution >= 4 is 23.0 Å². The van der Waals surface area contributed by atoms with Gasteiger partial charge in [0.15, 0.2) is 5.79 Å². The molecule has 4 atom stereocenters. The predicted molar refractivity (Wildman–Crippen MR) is 114 cm³/mol. The van der Waals surface area contributed by atoms with Crippen LogP contribution in [0.5, 0.6) is 0 Å². The van der Waals surface area contributed by atoms with Crippen LogP contribution in [0.25, 0.3) is 0 Å². The summed E-state index contributed by atoms with van der Waals surface area (Å²) >= 11 is 1.12. The first-order valence-corrected chi connectivity index (χ1v) is 11.1. The monoisotopic (exact) mass is 427 g/mol. The quantitative estimate of drug-likeness (QED) is 0.686. The van der Waals surface area contributed by atoms with Crippen molar-refractivity contribution in [1.82, 2.24) is 5.32 Å². The van der Waals surface area contributed by atoms with Crippen molar-refractivity contribution in [2.75, 3.05) is 5.75 Å². The van der Waals surface area contributed by atoms with Gasteiger partial charge in [-0.15, -0.1) is 0 Å². The first-order valence-electron chi connectivity index (χ1n) is 10.2. The summed E-state index contributed by atoms with van der Waals surface area (Å²) < 4.78 is 11.8. The number of nitrogens with one attached hydrogen (secondary N) is 1. The molecule has 2 N–H and O–H groups in total. The highest BCUT2D eigenvalue weighted by Gasteiger charge is 2.49. The van der Waals surface area contributed by atoms with E-state index >= 15 is 0 Å². The van der Waals surface area contributed by atoms with Crippen LogP contribution < -0.4 is 5.32 Å². The van der Waals surface area contributed by atoms with E-state index in [9.17, 15) is 14.7 Å². The lowest BCUT2D eigenvalue weighted by Gasteiger charge is -2.43. The van der Waals surface area contributed by atoms with Gasteiger partial charge in [0.2, 0.25) is 0 Å². The summed E-state index contributed by atoms with van der Waals surface area (Å²) in [6.45, 7) is 0. The number of carbonyl (C=O) groups excluding carboxylic acids is 2. The van der Waals surface area contributed by atoms with E-state index < -0.39 is 23.9 Å². The number of aliphatic hydroxyl groups is 1. The normalized spacial score (nSPS) is 28.7. The Kier molecular flexibility index (Phi) is 6.41. The average Bonchev–Trinajstić information content (AvgIpc) is 3.21. The molecular formula is C23H25NO5S. The summed E-state index contributed by atoms with van der Waals surface area (Å²) in [4.78, 5) is 24.2. The highest BCUT2D eigenvalue weighted by atomic mass is 32.2. The van der Waals surface area contributed by atoms with E-state index in [0.717, 1.165) is 18.2 Å².